The molecule has 2 N–H and O–H groups in total. The van der Waals surface area contributed by atoms with Crippen LogP contribution in [0.25, 0.3) is 21.5 Å². The molecule has 220 valence electrons. The number of aryl methyl sites for hydroxylation is 1. The van der Waals surface area contributed by atoms with Crippen molar-refractivity contribution in [3.63, 3.8) is 0 Å². The maximum atomic E-state index is 12.4. The molecule has 0 radical (unpaired) electrons. The minimum atomic E-state index is -1.08. The fraction of sp³-hybridized carbons (Fsp3) is 0.250. The Morgan fingerprint density at radius 2 is 1.60 bits per heavy atom. The highest BCUT2D eigenvalue weighted by atomic mass is 16.5. The molecular formula is C36H34O7. The minimum Gasteiger partial charge on any atom is -0.488 e. The summed E-state index contributed by atoms with van der Waals surface area (Å²) in [7, 11) is 1.47. The van der Waals surface area contributed by atoms with Gasteiger partial charge in [-0.25, -0.2) is 4.79 Å². The number of hydrogen-bond acceptors (Lipinski definition) is 5. The molecule has 0 amide bonds. The van der Waals surface area contributed by atoms with Crippen LogP contribution in [0.1, 0.15) is 48.8 Å². The third-order valence-electron chi connectivity index (χ3n) is 8.25. The van der Waals surface area contributed by atoms with Crippen LogP contribution in [0.15, 0.2) is 96.6 Å². The summed E-state index contributed by atoms with van der Waals surface area (Å²) < 4.78 is 11.4. The summed E-state index contributed by atoms with van der Waals surface area (Å²) >= 11 is 0. The number of benzene rings is 4. The zero-order valence-electron chi connectivity index (χ0n) is 24.2. The molecule has 43 heavy (non-hydrogen) atoms. The quantitative estimate of drug-likeness (QED) is 0.184. The number of fused-ring (bicyclic) bond motifs is 5. The van der Waals surface area contributed by atoms with Gasteiger partial charge in [0.15, 0.2) is 0 Å². The highest BCUT2D eigenvalue weighted by Crippen LogP contribution is 2.41. The van der Waals surface area contributed by atoms with E-state index in [2.05, 4.69) is 54.6 Å². The molecule has 0 saturated heterocycles. The third kappa shape index (κ3) is 6.16. The Morgan fingerprint density at radius 3 is 2.30 bits per heavy atom. The molecule has 4 aromatic carbocycles. The molecule has 0 spiro atoms. The summed E-state index contributed by atoms with van der Waals surface area (Å²) in [6.45, 7) is 2.03. The molecule has 7 nitrogen and oxygen atoms in total. The maximum absolute atomic E-state index is 12.4. The number of carboxylic acids is 2. The van der Waals surface area contributed by atoms with Crippen molar-refractivity contribution in [2.24, 2.45) is 5.41 Å². The van der Waals surface area contributed by atoms with Gasteiger partial charge in [0, 0.05) is 11.0 Å². The van der Waals surface area contributed by atoms with Gasteiger partial charge >= 0.3 is 17.9 Å². The van der Waals surface area contributed by atoms with E-state index in [1.165, 1.54) is 54.0 Å². The van der Waals surface area contributed by atoms with E-state index in [1.54, 1.807) is 0 Å². The predicted octanol–water partition coefficient (Wildman–Crippen LogP) is 7.21. The van der Waals surface area contributed by atoms with E-state index >= 15 is 0 Å². The number of carbonyl (C=O) groups is 3. The molecule has 0 bridgehead atoms. The number of hydrogen-bond donors (Lipinski definition) is 2. The lowest BCUT2D eigenvalue weighted by Gasteiger charge is -2.25. The van der Waals surface area contributed by atoms with Crippen LogP contribution < -0.4 is 4.74 Å². The fourth-order valence-electron chi connectivity index (χ4n) is 5.89. The number of methoxy groups -OCH3 is 1. The normalized spacial score (nSPS) is 19.0. The molecule has 0 saturated carbocycles. The van der Waals surface area contributed by atoms with Gasteiger partial charge in [0.1, 0.15) is 12.4 Å². The first-order valence-electron chi connectivity index (χ1n) is 14.3. The van der Waals surface area contributed by atoms with Crippen molar-refractivity contribution in [1.82, 2.24) is 0 Å². The van der Waals surface area contributed by atoms with Crippen molar-refractivity contribution < 1.29 is 34.1 Å². The summed E-state index contributed by atoms with van der Waals surface area (Å²) in [6.07, 6.45) is 7.23. The molecule has 0 fully saturated rings. The number of allylic oxidation sites excluding steroid dienone is 2. The number of carbonyl (C=O) groups excluding carboxylic acids is 1. The Bertz CT molecular complexity index is 1750. The molecule has 6 rings (SSSR count). The van der Waals surface area contributed by atoms with Gasteiger partial charge in [0.25, 0.3) is 0 Å². The maximum Gasteiger partial charge on any atom is 0.331 e. The Labute approximate surface area is 250 Å². The van der Waals surface area contributed by atoms with Crippen LogP contribution in [0.4, 0.5) is 0 Å². The molecule has 2 unspecified atom stereocenters. The first kappa shape index (κ1) is 29.6. The van der Waals surface area contributed by atoms with Gasteiger partial charge in [0.2, 0.25) is 0 Å². The van der Waals surface area contributed by atoms with E-state index in [-0.39, 0.29) is 23.9 Å². The van der Waals surface area contributed by atoms with Gasteiger partial charge in [-0.1, -0.05) is 85.0 Å². The lowest BCUT2D eigenvalue weighted by atomic mass is 9.80. The van der Waals surface area contributed by atoms with Gasteiger partial charge in [-0.2, -0.15) is 0 Å². The number of aliphatic carboxylic acids is 2. The van der Waals surface area contributed by atoms with Crippen LogP contribution in [0.2, 0.25) is 0 Å². The van der Waals surface area contributed by atoms with Crippen LogP contribution in [-0.2, 0) is 32.1 Å². The standard InChI is InChI=1S/C27H24O3.C9H10O4/c1-29-27(28)24-13-7-12-20-21(24)14-15-22-19-10-5-6-11-23(19)26(16-25(20)22)30-17-18-8-3-2-4-9-18;1-9(8(12)13)4-2-3-6(5-9)7(10)11/h2-6,8-11,14-16,24H,7,12-13,17H2,1H3;2-4H,5H2,1H3,(H,10,11)(H,12,13). The molecule has 0 aromatic heterocycles. The number of esters is 1. The first-order valence-corrected chi connectivity index (χ1v) is 14.3. The topological polar surface area (TPSA) is 110 Å². The Hall–Kier alpha value is -4.91. The SMILES string of the molecule is CC1(C(=O)O)C=CC=C(C(=O)O)C1.COC(=O)C1CCCc2c1ccc1c2cc(OCc2ccccc2)c2ccccc21. The van der Waals surface area contributed by atoms with Gasteiger partial charge in [-0.3, -0.25) is 9.59 Å². The Kier molecular flexibility index (Phi) is 8.62. The van der Waals surface area contributed by atoms with E-state index in [0.717, 1.165) is 41.5 Å². The van der Waals surface area contributed by atoms with Crippen LogP contribution in [0.5, 0.6) is 5.75 Å². The van der Waals surface area contributed by atoms with E-state index < -0.39 is 17.4 Å². The van der Waals surface area contributed by atoms with Crippen molar-refractivity contribution in [3.8, 4) is 5.75 Å². The number of rotatable bonds is 6. The second kappa shape index (κ2) is 12.5. The van der Waals surface area contributed by atoms with Crippen LogP contribution in [0.3, 0.4) is 0 Å². The predicted molar refractivity (Wildman–Crippen MR) is 165 cm³/mol. The summed E-state index contributed by atoms with van der Waals surface area (Å²) in [4.78, 5) is 33.7. The van der Waals surface area contributed by atoms with Crippen molar-refractivity contribution in [2.75, 3.05) is 7.11 Å². The Morgan fingerprint density at radius 1 is 0.907 bits per heavy atom. The molecular weight excluding hydrogens is 544 g/mol. The average molecular weight is 579 g/mol. The highest BCUT2D eigenvalue weighted by Gasteiger charge is 2.34. The molecule has 4 aromatic rings. The van der Waals surface area contributed by atoms with Gasteiger partial charge in [-0.15, -0.1) is 0 Å². The van der Waals surface area contributed by atoms with E-state index in [4.69, 9.17) is 19.7 Å². The molecule has 2 atom stereocenters. The monoisotopic (exact) mass is 578 g/mol. The minimum absolute atomic E-state index is 0.0359. The Balaban J connectivity index is 0.000000239. The summed E-state index contributed by atoms with van der Waals surface area (Å²) in [5.74, 6) is -1.50. The second-order valence-corrected chi connectivity index (χ2v) is 11.1. The lowest BCUT2D eigenvalue weighted by Crippen LogP contribution is -2.28. The van der Waals surface area contributed by atoms with E-state index in [0.29, 0.717) is 6.61 Å². The largest absolute Gasteiger partial charge is 0.488 e. The molecule has 2 aliphatic rings. The van der Waals surface area contributed by atoms with Crippen LogP contribution in [-0.4, -0.2) is 35.2 Å². The zero-order chi connectivity index (χ0) is 30.6. The highest BCUT2D eigenvalue weighted by molar-refractivity contribution is 6.11. The van der Waals surface area contributed by atoms with Gasteiger partial charge in [0.05, 0.1) is 18.4 Å². The summed E-state index contributed by atoms with van der Waals surface area (Å²) in [5.41, 5.74) is 2.55. The fourth-order valence-corrected chi connectivity index (χ4v) is 5.89. The number of carboxylic acid groups (broad SMARTS) is 2. The van der Waals surface area contributed by atoms with Gasteiger partial charge in [-0.05, 0) is 71.5 Å². The van der Waals surface area contributed by atoms with Crippen molar-refractivity contribution in [2.45, 2.75) is 45.1 Å². The molecule has 7 heteroatoms. The number of ether oxygens (including phenoxy) is 2. The van der Waals surface area contributed by atoms with E-state index in [1.807, 2.05) is 18.2 Å². The van der Waals surface area contributed by atoms with Crippen LogP contribution >= 0.6 is 0 Å². The smallest absolute Gasteiger partial charge is 0.331 e. The lowest BCUT2D eigenvalue weighted by molar-refractivity contribution is -0.145. The first-order chi connectivity index (χ1) is 20.7. The zero-order valence-corrected chi connectivity index (χ0v) is 24.2. The average Bonchev–Trinajstić information content (AvgIpc) is 3.03. The molecule has 2 aliphatic carbocycles. The van der Waals surface area contributed by atoms with Crippen molar-refractivity contribution in [3.05, 3.63) is 113 Å². The third-order valence-corrected chi connectivity index (χ3v) is 8.25. The van der Waals surface area contributed by atoms with Crippen LogP contribution in [0, 0.1) is 5.41 Å². The van der Waals surface area contributed by atoms with Crippen molar-refractivity contribution >= 4 is 39.5 Å². The molecule has 0 aliphatic heterocycles. The summed E-state index contributed by atoms with van der Waals surface area (Å²) in [5, 5.41) is 22.2. The molecule has 0 heterocycles. The van der Waals surface area contributed by atoms with Crippen molar-refractivity contribution in [1.29, 1.82) is 0 Å². The van der Waals surface area contributed by atoms with Gasteiger partial charge < -0.3 is 19.7 Å². The summed E-state index contributed by atoms with van der Waals surface area (Å²) in [6, 6.07) is 25.0. The second-order valence-electron chi connectivity index (χ2n) is 11.1. The van der Waals surface area contributed by atoms with E-state index in [9.17, 15) is 14.4 Å².